The van der Waals surface area contributed by atoms with Crippen molar-refractivity contribution >= 4 is 17.8 Å². The van der Waals surface area contributed by atoms with E-state index in [-0.39, 0.29) is 18.4 Å². The second-order valence-electron chi connectivity index (χ2n) is 5.01. The van der Waals surface area contributed by atoms with Crippen LogP contribution in [0.25, 0.3) is 0 Å². The van der Waals surface area contributed by atoms with E-state index in [1.165, 1.54) is 7.11 Å². The lowest BCUT2D eigenvalue weighted by Gasteiger charge is -2.07. The molecule has 2 rings (SSSR count). The molecule has 0 fully saturated rings. The SMILES string of the molecule is COC(=O)c1ccc(CNC(=O)CNC(=O)c2ccccc2)cc1. The largest absolute Gasteiger partial charge is 0.465 e. The summed E-state index contributed by atoms with van der Waals surface area (Å²) in [6.45, 7) is 0.204. The van der Waals surface area contributed by atoms with Crippen LogP contribution >= 0.6 is 0 Å². The molecule has 0 radical (unpaired) electrons. The summed E-state index contributed by atoms with van der Waals surface area (Å²) in [5.41, 5.74) is 1.79. The van der Waals surface area contributed by atoms with Crippen molar-refractivity contribution < 1.29 is 19.1 Å². The first-order valence-electron chi connectivity index (χ1n) is 7.37. The summed E-state index contributed by atoms with van der Waals surface area (Å²) in [4.78, 5) is 34.9. The Labute approximate surface area is 139 Å². The molecule has 124 valence electrons. The van der Waals surface area contributed by atoms with Gasteiger partial charge in [-0.2, -0.15) is 0 Å². The number of nitrogens with one attached hydrogen (secondary N) is 2. The molecule has 0 saturated heterocycles. The van der Waals surface area contributed by atoms with Crippen molar-refractivity contribution in [3.63, 3.8) is 0 Å². The Bertz CT molecular complexity index is 712. The van der Waals surface area contributed by atoms with Crippen molar-refractivity contribution in [2.45, 2.75) is 6.54 Å². The standard InChI is InChI=1S/C18H18N2O4/c1-24-18(23)15-9-7-13(8-10-15)11-19-16(21)12-20-17(22)14-5-3-2-4-6-14/h2-10H,11-12H2,1H3,(H,19,21)(H,20,22). The number of esters is 1. The summed E-state index contributed by atoms with van der Waals surface area (Å²) < 4.78 is 4.62. The van der Waals surface area contributed by atoms with Crippen molar-refractivity contribution in [2.24, 2.45) is 0 Å². The number of carbonyl (C=O) groups is 3. The van der Waals surface area contributed by atoms with E-state index in [1.807, 2.05) is 6.07 Å². The first kappa shape index (κ1) is 17.2. The van der Waals surface area contributed by atoms with E-state index in [0.29, 0.717) is 17.7 Å². The monoisotopic (exact) mass is 326 g/mol. The number of amides is 2. The molecule has 0 saturated carbocycles. The average Bonchev–Trinajstić information content (AvgIpc) is 2.64. The normalized spacial score (nSPS) is 9.88. The van der Waals surface area contributed by atoms with Gasteiger partial charge in [-0.1, -0.05) is 30.3 Å². The maximum atomic E-state index is 11.8. The van der Waals surface area contributed by atoms with Crippen LogP contribution in [0.5, 0.6) is 0 Å². The Morgan fingerprint density at radius 3 is 2.17 bits per heavy atom. The van der Waals surface area contributed by atoms with E-state index in [1.54, 1.807) is 48.5 Å². The molecule has 0 aliphatic carbocycles. The highest BCUT2D eigenvalue weighted by Crippen LogP contribution is 2.05. The first-order chi connectivity index (χ1) is 11.6. The predicted octanol–water partition coefficient (Wildman–Crippen LogP) is 1.52. The number of hydrogen-bond donors (Lipinski definition) is 2. The molecule has 6 nitrogen and oxygen atoms in total. The van der Waals surface area contributed by atoms with Gasteiger partial charge in [-0.15, -0.1) is 0 Å². The van der Waals surface area contributed by atoms with Crippen molar-refractivity contribution in [1.82, 2.24) is 10.6 Å². The molecule has 0 aliphatic heterocycles. The fourth-order valence-corrected chi connectivity index (χ4v) is 1.99. The summed E-state index contributed by atoms with van der Waals surface area (Å²) in [7, 11) is 1.32. The summed E-state index contributed by atoms with van der Waals surface area (Å²) in [5, 5.41) is 5.25. The topological polar surface area (TPSA) is 84.5 Å². The second kappa shape index (κ2) is 8.47. The van der Waals surface area contributed by atoms with E-state index in [4.69, 9.17) is 0 Å². The van der Waals surface area contributed by atoms with E-state index >= 15 is 0 Å². The maximum Gasteiger partial charge on any atom is 0.337 e. The third-order valence-corrected chi connectivity index (χ3v) is 3.31. The molecule has 2 amide bonds. The van der Waals surface area contributed by atoms with Gasteiger partial charge < -0.3 is 15.4 Å². The molecule has 2 aromatic rings. The molecule has 2 N–H and O–H groups in total. The lowest BCUT2D eigenvalue weighted by atomic mass is 10.1. The van der Waals surface area contributed by atoms with E-state index in [0.717, 1.165) is 5.56 Å². The summed E-state index contributed by atoms with van der Waals surface area (Å²) >= 11 is 0. The number of ether oxygens (including phenoxy) is 1. The fourth-order valence-electron chi connectivity index (χ4n) is 1.99. The molecule has 24 heavy (non-hydrogen) atoms. The van der Waals surface area contributed by atoms with Gasteiger partial charge in [-0.3, -0.25) is 9.59 Å². The third-order valence-electron chi connectivity index (χ3n) is 3.31. The molecular weight excluding hydrogens is 308 g/mol. The highest BCUT2D eigenvalue weighted by Gasteiger charge is 2.08. The number of methoxy groups -OCH3 is 1. The van der Waals surface area contributed by atoms with Crippen molar-refractivity contribution in [3.8, 4) is 0 Å². The highest BCUT2D eigenvalue weighted by molar-refractivity contribution is 5.96. The maximum absolute atomic E-state index is 11.8. The van der Waals surface area contributed by atoms with Gasteiger partial charge in [-0.25, -0.2) is 4.79 Å². The Morgan fingerprint density at radius 2 is 1.54 bits per heavy atom. The van der Waals surface area contributed by atoms with Gasteiger partial charge >= 0.3 is 5.97 Å². The quantitative estimate of drug-likeness (QED) is 0.788. The minimum atomic E-state index is -0.408. The zero-order valence-electron chi connectivity index (χ0n) is 13.2. The molecule has 2 aromatic carbocycles. The molecule has 0 aromatic heterocycles. The van der Waals surface area contributed by atoms with Crippen LogP contribution in [0.2, 0.25) is 0 Å². The van der Waals surface area contributed by atoms with Gasteiger partial charge in [0, 0.05) is 12.1 Å². The Morgan fingerprint density at radius 1 is 0.875 bits per heavy atom. The number of hydrogen-bond acceptors (Lipinski definition) is 4. The van der Waals surface area contributed by atoms with Crippen LogP contribution in [-0.4, -0.2) is 31.4 Å². The number of rotatable bonds is 6. The van der Waals surface area contributed by atoms with Crippen LogP contribution in [0.4, 0.5) is 0 Å². The van der Waals surface area contributed by atoms with E-state index in [9.17, 15) is 14.4 Å². The molecule has 0 unspecified atom stereocenters. The van der Waals surface area contributed by atoms with Crippen molar-refractivity contribution in [2.75, 3.05) is 13.7 Å². The Kier molecular flexibility index (Phi) is 6.08. The van der Waals surface area contributed by atoms with Crippen LogP contribution in [0, 0.1) is 0 Å². The minimum Gasteiger partial charge on any atom is -0.465 e. The summed E-state index contributed by atoms with van der Waals surface area (Å²) in [5.74, 6) is -1.00. The lowest BCUT2D eigenvalue weighted by Crippen LogP contribution is -2.36. The Balaban J connectivity index is 1.77. The third kappa shape index (κ3) is 4.95. The molecular formula is C18H18N2O4. The minimum absolute atomic E-state index is 0.103. The molecule has 0 bridgehead atoms. The predicted molar refractivity (Wildman–Crippen MR) is 88.4 cm³/mol. The second-order valence-corrected chi connectivity index (χ2v) is 5.01. The van der Waals surface area contributed by atoms with E-state index < -0.39 is 5.97 Å². The zero-order valence-corrected chi connectivity index (χ0v) is 13.2. The fraction of sp³-hybridized carbons (Fsp3) is 0.167. The van der Waals surface area contributed by atoms with Crippen LogP contribution in [-0.2, 0) is 16.1 Å². The molecule has 0 atom stereocenters. The average molecular weight is 326 g/mol. The van der Waals surface area contributed by atoms with Crippen molar-refractivity contribution in [1.29, 1.82) is 0 Å². The summed E-state index contributed by atoms with van der Waals surface area (Å²) in [6.07, 6.45) is 0. The van der Waals surface area contributed by atoms with Crippen LogP contribution < -0.4 is 10.6 Å². The van der Waals surface area contributed by atoms with Gasteiger partial charge in [0.2, 0.25) is 5.91 Å². The highest BCUT2D eigenvalue weighted by atomic mass is 16.5. The van der Waals surface area contributed by atoms with Gasteiger partial charge in [-0.05, 0) is 29.8 Å². The van der Waals surface area contributed by atoms with Gasteiger partial charge in [0.1, 0.15) is 0 Å². The molecule has 0 aliphatic rings. The molecule has 0 heterocycles. The zero-order chi connectivity index (χ0) is 17.4. The summed E-state index contributed by atoms with van der Waals surface area (Å²) in [6, 6.07) is 15.4. The van der Waals surface area contributed by atoms with Gasteiger partial charge in [0.25, 0.3) is 5.91 Å². The van der Waals surface area contributed by atoms with Crippen LogP contribution in [0.15, 0.2) is 54.6 Å². The first-order valence-corrected chi connectivity index (χ1v) is 7.37. The smallest absolute Gasteiger partial charge is 0.337 e. The van der Waals surface area contributed by atoms with Crippen LogP contribution in [0.1, 0.15) is 26.3 Å². The Hall–Kier alpha value is -3.15. The van der Waals surface area contributed by atoms with Gasteiger partial charge in [0.05, 0.1) is 19.2 Å². The van der Waals surface area contributed by atoms with E-state index in [2.05, 4.69) is 15.4 Å². The van der Waals surface area contributed by atoms with Gasteiger partial charge in [0.15, 0.2) is 0 Å². The lowest BCUT2D eigenvalue weighted by molar-refractivity contribution is -0.120. The number of benzene rings is 2. The molecule has 6 heteroatoms. The van der Waals surface area contributed by atoms with Crippen LogP contribution in [0.3, 0.4) is 0 Å². The number of carbonyl (C=O) groups excluding carboxylic acids is 3. The molecule has 0 spiro atoms. The van der Waals surface area contributed by atoms with Crippen molar-refractivity contribution in [3.05, 3.63) is 71.3 Å².